The molecule has 1 amide bonds. The fourth-order valence-electron chi connectivity index (χ4n) is 3.51. The van der Waals surface area contributed by atoms with Gasteiger partial charge in [-0.15, -0.1) is 11.3 Å². The second kappa shape index (κ2) is 5.21. The molecule has 0 saturated heterocycles. The molecule has 6 heteroatoms. The molecule has 0 bridgehead atoms. The van der Waals surface area contributed by atoms with E-state index in [0.29, 0.717) is 17.6 Å². The predicted octanol–water partition coefficient (Wildman–Crippen LogP) is 3.42. The summed E-state index contributed by atoms with van der Waals surface area (Å²) in [6.07, 6.45) is 6.89. The van der Waals surface area contributed by atoms with Crippen LogP contribution in [-0.4, -0.2) is 27.3 Å². The van der Waals surface area contributed by atoms with Gasteiger partial charge in [0.25, 0.3) is 0 Å². The van der Waals surface area contributed by atoms with E-state index in [9.17, 15) is 4.79 Å². The number of carbonyl (C=O) groups excluding carboxylic acids is 1. The van der Waals surface area contributed by atoms with Crippen molar-refractivity contribution in [1.82, 2.24) is 14.9 Å². The molecule has 3 heterocycles. The maximum absolute atomic E-state index is 12.6. The van der Waals surface area contributed by atoms with Gasteiger partial charge in [0.1, 0.15) is 16.3 Å². The van der Waals surface area contributed by atoms with Crippen LogP contribution in [0.25, 0.3) is 10.2 Å². The number of aromatic nitrogens is 2. The van der Waals surface area contributed by atoms with E-state index in [4.69, 9.17) is 11.6 Å². The third kappa shape index (κ3) is 2.23. The van der Waals surface area contributed by atoms with Crippen molar-refractivity contribution in [2.45, 2.75) is 38.6 Å². The Morgan fingerprint density at radius 1 is 1.33 bits per heavy atom. The predicted molar refractivity (Wildman–Crippen MR) is 83.5 cm³/mol. The van der Waals surface area contributed by atoms with E-state index >= 15 is 0 Å². The molecule has 0 radical (unpaired) electrons. The van der Waals surface area contributed by atoms with Crippen molar-refractivity contribution in [2.24, 2.45) is 5.92 Å². The van der Waals surface area contributed by atoms with Crippen LogP contribution in [0.3, 0.4) is 0 Å². The van der Waals surface area contributed by atoms with Crippen LogP contribution < -0.4 is 0 Å². The summed E-state index contributed by atoms with van der Waals surface area (Å²) in [5.41, 5.74) is 1.25. The minimum absolute atomic E-state index is 0.254. The Balaban J connectivity index is 1.64. The zero-order valence-corrected chi connectivity index (χ0v) is 13.2. The number of amides is 1. The zero-order valence-electron chi connectivity index (χ0n) is 11.6. The summed E-state index contributed by atoms with van der Waals surface area (Å²) < 4.78 is 0. The number of nitrogens with zero attached hydrogens (tertiary/aromatic N) is 3. The first-order chi connectivity index (χ1) is 10.2. The number of rotatable bonds is 1. The monoisotopic (exact) mass is 321 g/mol. The Bertz CT molecular complexity index is 708. The van der Waals surface area contributed by atoms with Crippen LogP contribution in [0, 0.1) is 5.92 Å². The van der Waals surface area contributed by atoms with E-state index in [-0.39, 0.29) is 5.92 Å². The van der Waals surface area contributed by atoms with Crippen LogP contribution in [-0.2, 0) is 17.8 Å². The number of halogens is 1. The summed E-state index contributed by atoms with van der Waals surface area (Å²) >= 11 is 7.86. The van der Waals surface area contributed by atoms with E-state index in [0.717, 1.165) is 36.0 Å². The van der Waals surface area contributed by atoms with Gasteiger partial charge in [-0.25, -0.2) is 9.97 Å². The van der Waals surface area contributed by atoms with Crippen LogP contribution >= 0.6 is 22.9 Å². The average Bonchev–Trinajstić information content (AvgIpc) is 3.13. The molecule has 0 aromatic carbocycles. The molecule has 0 spiro atoms. The lowest BCUT2D eigenvalue weighted by Gasteiger charge is -2.29. The molecule has 1 saturated carbocycles. The molecule has 0 N–H and O–H groups in total. The van der Waals surface area contributed by atoms with E-state index in [2.05, 4.69) is 9.97 Å². The molecule has 2 aliphatic rings. The minimum atomic E-state index is 0.254. The van der Waals surface area contributed by atoms with E-state index < -0.39 is 0 Å². The van der Waals surface area contributed by atoms with Gasteiger partial charge < -0.3 is 4.90 Å². The lowest BCUT2D eigenvalue weighted by molar-refractivity contribution is -0.136. The van der Waals surface area contributed by atoms with E-state index in [1.165, 1.54) is 29.6 Å². The Labute approximate surface area is 132 Å². The Hall–Kier alpha value is -1.20. The van der Waals surface area contributed by atoms with Crippen molar-refractivity contribution in [3.8, 4) is 0 Å². The number of thiophene rings is 1. The maximum Gasteiger partial charge on any atom is 0.226 e. The summed E-state index contributed by atoms with van der Waals surface area (Å²) in [7, 11) is 0. The summed E-state index contributed by atoms with van der Waals surface area (Å²) in [5, 5.41) is 1.53. The van der Waals surface area contributed by atoms with Crippen LogP contribution in [0.5, 0.6) is 0 Å². The van der Waals surface area contributed by atoms with Gasteiger partial charge in [-0.05, 0) is 24.8 Å². The Morgan fingerprint density at radius 3 is 2.95 bits per heavy atom. The lowest BCUT2D eigenvalue weighted by Crippen LogP contribution is -2.38. The molecule has 2 aromatic heterocycles. The van der Waals surface area contributed by atoms with Gasteiger partial charge >= 0.3 is 0 Å². The number of carbonyl (C=O) groups is 1. The molecule has 2 aromatic rings. The highest BCUT2D eigenvalue weighted by atomic mass is 35.5. The van der Waals surface area contributed by atoms with Gasteiger partial charge in [0.05, 0.1) is 11.9 Å². The first-order valence-corrected chi connectivity index (χ1v) is 8.63. The van der Waals surface area contributed by atoms with Crippen molar-refractivity contribution < 1.29 is 4.79 Å². The normalized spacial score (nSPS) is 19.2. The second-order valence-electron chi connectivity index (χ2n) is 5.84. The highest BCUT2D eigenvalue weighted by molar-refractivity contribution is 7.19. The summed E-state index contributed by atoms with van der Waals surface area (Å²) in [6.45, 7) is 1.50. The molecule has 0 unspecified atom stereocenters. The molecular formula is C15H16ClN3OS. The van der Waals surface area contributed by atoms with Gasteiger partial charge in [0, 0.05) is 17.3 Å². The fraction of sp³-hybridized carbons (Fsp3) is 0.533. The molecule has 1 aliphatic carbocycles. The third-order valence-corrected chi connectivity index (χ3v) is 6.02. The zero-order chi connectivity index (χ0) is 14.4. The first-order valence-electron chi connectivity index (χ1n) is 7.43. The van der Waals surface area contributed by atoms with Gasteiger partial charge in [-0.1, -0.05) is 24.4 Å². The second-order valence-corrected chi connectivity index (χ2v) is 7.28. The minimum Gasteiger partial charge on any atom is -0.337 e. The van der Waals surface area contributed by atoms with Crippen LogP contribution in [0.15, 0.2) is 6.33 Å². The average molecular weight is 322 g/mol. The lowest BCUT2D eigenvalue weighted by atomic mass is 10.0. The Morgan fingerprint density at radius 2 is 2.14 bits per heavy atom. The number of fused-ring (bicyclic) bond motifs is 3. The topological polar surface area (TPSA) is 46.1 Å². The number of hydrogen-bond acceptors (Lipinski definition) is 4. The fourth-order valence-corrected chi connectivity index (χ4v) is 5.01. The smallest absolute Gasteiger partial charge is 0.226 e. The first kappa shape index (κ1) is 13.5. The molecular weight excluding hydrogens is 306 g/mol. The van der Waals surface area contributed by atoms with Gasteiger partial charge in [-0.3, -0.25) is 4.79 Å². The van der Waals surface area contributed by atoms with Gasteiger partial charge in [-0.2, -0.15) is 0 Å². The van der Waals surface area contributed by atoms with Crippen molar-refractivity contribution >= 4 is 39.1 Å². The Kier molecular flexibility index (Phi) is 3.34. The molecule has 1 aliphatic heterocycles. The standard InChI is InChI=1S/C15H16ClN3OS/c16-13-12-10-5-6-19(15(20)9-3-1-2-4-9)7-11(10)21-14(12)18-8-17-13/h8-9H,1-7H2. The molecule has 4 nitrogen and oxygen atoms in total. The largest absolute Gasteiger partial charge is 0.337 e. The molecule has 1 fully saturated rings. The van der Waals surface area contributed by atoms with E-state index in [1.54, 1.807) is 11.3 Å². The van der Waals surface area contributed by atoms with Gasteiger partial charge in [0.15, 0.2) is 0 Å². The van der Waals surface area contributed by atoms with Crippen molar-refractivity contribution in [3.05, 3.63) is 21.9 Å². The summed E-state index contributed by atoms with van der Waals surface area (Å²) in [4.78, 5) is 25.2. The SMILES string of the molecule is O=C(C1CCCC1)N1CCc2c(sc3ncnc(Cl)c23)C1. The highest BCUT2D eigenvalue weighted by Crippen LogP contribution is 2.37. The quantitative estimate of drug-likeness (QED) is 0.756. The van der Waals surface area contributed by atoms with Crippen molar-refractivity contribution in [2.75, 3.05) is 6.54 Å². The number of hydrogen-bond donors (Lipinski definition) is 0. The molecule has 21 heavy (non-hydrogen) atoms. The third-order valence-electron chi connectivity index (χ3n) is 4.61. The van der Waals surface area contributed by atoms with Crippen LogP contribution in [0.1, 0.15) is 36.1 Å². The summed E-state index contributed by atoms with van der Waals surface area (Å²) in [6, 6.07) is 0. The van der Waals surface area contributed by atoms with Gasteiger partial charge in [0.2, 0.25) is 5.91 Å². The van der Waals surface area contributed by atoms with Crippen molar-refractivity contribution in [1.29, 1.82) is 0 Å². The highest BCUT2D eigenvalue weighted by Gasteiger charge is 2.31. The van der Waals surface area contributed by atoms with Crippen LogP contribution in [0.4, 0.5) is 0 Å². The summed E-state index contributed by atoms with van der Waals surface area (Å²) in [5.74, 6) is 0.595. The molecule has 4 rings (SSSR count). The molecule has 0 atom stereocenters. The van der Waals surface area contributed by atoms with Crippen LogP contribution in [0.2, 0.25) is 5.15 Å². The maximum atomic E-state index is 12.6. The van der Waals surface area contributed by atoms with E-state index in [1.807, 2.05) is 4.90 Å². The van der Waals surface area contributed by atoms with Crippen molar-refractivity contribution in [3.63, 3.8) is 0 Å². The molecule has 110 valence electrons.